The predicted molar refractivity (Wildman–Crippen MR) is 177 cm³/mol. The van der Waals surface area contributed by atoms with E-state index in [-0.39, 0.29) is 12.0 Å². The lowest BCUT2D eigenvalue weighted by Crippen LogP contribution is -2.24. The van der Waals surface area contributed by atoms with Crippen molar-refractivity contribution >= 4 is 34.0 Å². The minimum absolute atomic E-state index is 0.213. The maximum Gasteiger partial charge on any atom is 0.291 e. The minimum Gasteiger partial charge on any atom is -0.392 e. The largest absolute Gasteiger partial charge is 0.392 e. The van der Waals surface area contributed by atoms with Gasteiger partial charge in [-0.3, -0.25) is 14.7 Å². The van der Waals surface area contributed by atoms with Crippen LogP contribution in [0, 0.1) is 13.8 Å². The van der Waals surface area contributed by atoms with E-state index in [1.54, 1.807) is 6.20 Å². The molecule has 0 saturated carbocycles. The van der Waals surface area contributed by atoms with Crippen LogP contribution < -0.4 is 16.0 Å². The Balaban J connectivity index is 1.13. The molecule has 10 nitrogen and oxygen atoms in total. The standard InChI is InChI=1S/C35H38N8O2/c1-21-26(27-7-5-9-29(22(27)2)41-35(45)34-40-30-18-36-13-11-31(30)42(34)3)6-4-8-28(21)39-33-32-24(10-14-37-33)16-23(17-38-32)19-43-15-12-25(44)20-43/h4-10,14,16-17,25,36,44H,11-13,15,18-20H2,1-3H3,(H,37,39)(H,41,45)/t25-/m1/s1. The second kappa shape index (κ2) is 12.0. The van der Waals surface area contributed by atoms with E-state index in [1.807, 2.05) is 55.1 Å². The summed E-state index contributed by atoms with van der Waals surface area (Å²) in [6.45, 7) is 8.08. The number of carbonyl (C=O) groups excluding carboxylic acids is 1. The zero-order valence-electron chi connectivity index (χ0n) is 25.9. The number of likely N-dealkylation sites (tertiary alicyclic amines) is 1. The lowest BCUT2D eigenvalue weighted by atomic mass is 9.94. The summed E-state index contributed by atoms with van der Waals surface area (Å²) in [4.78, 5) is 29.7. The normalized spacial score (nSPS) is 16.6. The van der Waals surface area contributed by atoms with Gasteiger partial charge < -0.3 is 25.6 Å². The van der Waals surface area contributed by atoms with Crippen LogP contribution >= 0.6 is 0 Å². The number of nitrogens with zero attached hydrogens (tertiary/aromatic N) is 5. The van der Waals surface area contributed by atoms with Gasteiger partial charge in [-0.2, -0.15) is 0 Å². The zero-order chi connectivity index (χ0) is 31.1. The highest BCUT2D eigenvalue weighted by molar-refractivity contribution is 6.03. The fourth-order valence-electron chi connectivity index (χ4n) is 6.59. The number of hydrogen-bond acceptors (Lipinski definition) is 8. The molecular formula is C35H38N8O2. The first-order valence-electron chi connectivity index (χ1n) is 15.5. The van der Waals surface area contributed by atoms with E-state index in [0.717, 1.165) is 94.0 Å². The van der Waals surface area contributed by atoms with E-state index < -0.39 is 0 Å². The lowest BCUT2D eigenvalue weighted by Gasteiger charge is -2.18. The van der Waals surface area contributed by atoms with Crippen molar-refractivity contribution in [3.8, 4) is 11.1 Å². The third kappa shape index (κ3) is 5.68. The molecule has 5 heterocycles. The van der Waals surface area contributed by atoms with Crippen LogP contribution in [-0.4, -0.2) is 61.2 Å². The van der Waals surface area contributed by atoms with E-state index in [2.05, 4.69) is 55.9 Å². The molecular weight excluding hydrogens is 564 g/mol. The van der Waals surface area contributed by atoms with Crippen LogP contribution in [0.1, 0.15) is 45.1 Å². The van der Waals surface area contributed by atoms with Crippen molar-refractivity contribution in [1.82, 2.24) is 29.7 Å². The van der Waals surface area contributed by atoms with Gasteiger partial charge in [-0.05, 0) is 72.4 Å². The Kier molecular flexibility index (Phi) is 7.78. The minimum atomic E-state index is -0.239. The van der Waals surface area contributed by atoms with Crippen LogP contribution in [0.3, 0.4) is 0 Å². The Labute approximate surface area is 262 Å². The third-order valence-electron chi connectivity index (χ3n) is 9.10. The number of nitrogens with one attached hydrogen (secondary N) is 3. The van der Waals surface area contributed by atoms with Gasteiger partial charge in [0.2, 0.25) is 0 Å². The van der Waals surface area contributed by atoms with E-state index in [4.69, 9.17) is 4.98 Å². The molecule has 0 radical (unpaired) electrons. The summed E-state index contributed by atoms with van der Waals surface area (Å²) in [7, 11) is 1.91. The highest BCUT2D eigenvalue weighted by Crippen LogP contribution is 2.35. The fraction of sp³-hybridized carbons (Fsp3) is 0.314. The molecule has 1 amide bonds. The number of hydrogen-bond donors (Lipinski definition) is 4. The number of aliphatic hydroxyl groups excluding tert-OH is 1. The Morgan fingerprint density at radius 1 is 1.07 bits per heavy atom. The summed E-state index contributed by atoms with van der Waals surface area (Å²) in [5.41, 5.74) is 9.83. The molecule has 7 rings (SSSR count). The number of anilines is 3. The van der Waals surface area contributed by atoms with Crippen LogP contribution in [0.25, 0.3) is 22.0 Å². The van der Waals surface area contributed by atoms with Gasteiger partial charge in [0, 0.05) is 81.0 Å². The Morgan fingerprint density at radius 2 is 1.84 bits per heavy atom. The SMILES string of the molecule is Cc1c(NC(=O)c2nc3c(n2C)CCNC3)cccc1-c1cccc(Nc2nccc3cc(CN4CC[C@@H](O)C4)cnc23)c1C. The number of amides is 1. The van der Waals surface area contributed by atoms with E-state index in [9.17, 15) is 9.90 Å². The Bertz CT molecular complexity index is 1920. The summed E-state index contributed by atoms with van der Waals surface area (Å²) >= 11 is 0. The number of carbonyl (C=O) groups is 1. The van der Waals surface area contributed by atoms with Gasteiger partial charge in [0.25, 0.3) is 5.91 Å². The lowest BCUT2D eigenvalue weighted by molar-refractivity contribution is 0.101. The molecule has 2 aliphatic heterocycles. The average molecular weight is 603 g/mol. The number of rotatable bonds is 7. The van der Waals surface area contributed by atoms with Crippen LogP contribution in [0.15, 0.2) is 60.9 Å². The molecule has 1 fully saturated rings. The second-order valence-corrected chi connectivity index (χ2v) is 12.1. The highest BCUT2D eigenvalue weighted by atomic mass is 16.3. The summed E-state index contributed by atoms with van der Waals surface area (Å²) in [6, 6.07) is 16.3. The molecule has 1 saturated heterocycles. The van der Waals surface area contributed by atoms with Crippen molar-refractivity contribution in [3.63, 3.8) is 0 Å². The van der Waals surface area contributed by atoms with Crippen molar-refractivity contribution in [2.45, 2.75) is 45.9 Å². The van der Waals surface area contributed by atoms with Gasteiger partial charge >= 0.3 is 0 Å². The number of fused-ring (bicyclic) bond motifs is 2. The molecule has 1 atom stereocenters. The number of benzene rings is 2. The van der Waals surface area contributed by atoms with Crippen LogP contribution in [0.4, 0.5) is 17.2 Å². The smallest absolute Gasteiger partial charge is 0.291 e. The van der Waals surface area contributed by atoms with E-state index in [0.29, 0.717) is 24.7 Å². The summed E-state index contributed by atoms with van der Waals surface area (Å²) in [5, 5.41) is 20.9. The molecule has 0 unspecified atom stereocenters. The Morgan fingerprint density at radius 3 is 2.60 bits per heavy atom. The van der Waals surface area contributed by atoms with Crippen LogP contribution in [0.5, 0.6) is 0 Å². The van der Waals surface area contributed by atoms with Gasteiger partial charge in [0.15, 0.2) is 11.6 Å². The summed E-state index contributed by atoms with van der Waals surface area (Å²) in [6.07, 6.45) is 5.15. The zero-order valence-corrected chi connectivity index (χ0v) is 25.9. The molecule has 4 N–H and O–H groups in total. The first-order valence-corrected chi connectivity index (χ1v) is 15.5. The molecule has 3 aromatic heterocycles. The number of aliphatic hydroxyl groups is 1. The second-order valence-electron chi connectivity index (χ2n) is 12.1. The maximum absolute atomic E-state index is 13.4. The highest BCUT2D eigenvalue weighted by Gasteiger charge is 2.23. The number of aromatic nitrogens is 4. The van der Waals surface area contributed by atoms with Gasteiger partial charge in [-0.25, -0.2) is 9.97 Å². The number of pyridine rings is 2. The third-order valence-corrected chi connectivity index (χ3v) is 9.10. The van der Waals surface area contributed by atoms with Crippen molar-refractivity contribution in [2.24, 2.45) is 7.05 Å². The first-order chi connectivity index (χ1) is 21.9. The average Bonchev–Trinajstić information content (AvgIpc) is 3.61. The first kappa shape index (κ1) is 29.1. The monoisotopic (exact) mass is 602 g/mol. The fourth-order valence-corrected chi connectivity index (χ4v) is 6.59. The molecule has 230 valence electrons. The van der Waals surface area contributed by atoms with Gasteiger partial charge in [0.05, 0.1) is 11.8 Å². The maximum atomic E-state index is 13.4. The van der Waals surface area contributed by atoms with Gasteiger partial charge in [-0.1, -0.05) is 24.3 Å². The van der Waals surface area contributed by atoms with E-state index >= 15 is 0 Å². The molecule has 0 bridgehead atoms. The van der Waals surface area contributed by atoms with Crippen molar-refractivity contribution in [2.75, 3.05) is 30.3 Å². The Hall–Kier alpha value is -4.64. The number of imidazole rings is 1. The quantitative estimate of drug-likeness (QED) is 0.209. The number of β-amino-alcohol motifs (C(OH)–C–C–N with tert-alkyl or cyclic N) is 1. The molecule has 2 aliphatic rings. The molecule has 10 heteroatoms. The summed E-state index contributed by atoms with van der Waals surface area (Å²) < 4.78 is 1.92. The van der Waals surface area contributed by atoms with Gasteiger partial charge in [0.1, 0.15) is 5.52 Å². The molecule has 0 aliphatic carbocycles. The van der Waals surface area contributed by atoms with Crippen LogP contribution in [0.2, 0.25) is 0 Å². The van der Waals surface area contributed by atoms with Crippen molar-refractivity contribution in [1.29, 1.82) is 0 Å². The molecule has 0 spiro atoms. The molecule has 5 aromatic rings. The van der Waals surface area contributed by atoms with Crippen molar-refractivity contribution in [3.05, 3.63) is 94.8 Å². The van der Waals surface area contributed by atoms with E-state index in [1.165, 1.54) is 0 Å². The summed E-state index contributed by atoms with van der Waals surface area (Å²) in [5.74, 6) is 0.908. The van der Waals surface area contributed by atoms with Crippen LogP contribution in [-0.2, 0) is 26.6 Å². The van der Waals surface area contributed by atoms with Gasteiger partial charge in [-0.15, -0.1) is 0 Å². The van der Waals surface area contributed by atoms with Crippen molar-refractivity contribution < 1.29 is 9.90 Å². The predicted octanol–water partition coefficient (Wildman–Crippen LogP) is 4.86. The molecule has 2 aromatic carbocycles. The molecule has 45 heavy (non-hydrogen) atoms. The topological polar surface area (TPSA) is 120 Å².